The van der Waals surface area contributed by atoms with Crippen LogP contribution in [0.4, 0.5) is 15.8 Å². The minimum absolute atomic E-state index is 0.0391. The van der Waals surface area contributed by atoms with Crippen LogP contribution in [0.1, 0.15) is 38.2 Å². The molecule has 0 saturated carbocycles. The molecule has 7 nitrogen and oxygen atoms in total. The van der Waals surface area contributed by atoms with Gasteiger partial charge < -0.3 is 15.0 Å². The van der Waals surface area contributed by atoms with Gasteiger partial charge in [0.05, 0.1) is 29.4 Å². The van der Waals surface area contributed by atoms with Crippen molar-refractivity contribution < 1.29 is 22.3 Å². The van der Waals surface area contributed by atoms with Crippen molar-refractivity contribution in [2.75, 3.05) is 43.0 Å². The predicted octanol–water partition coefficient (Wildman–Crippen LogP) is 3.79. The van der Waals surface area contributed by atoms with Crippen LogP contribution in [0.5, 0.6) is 5.75 Å². The molecule has 1 amide bonds. The van der Waals surface area contributed by atoms with E-state index in [9.17, 15) is 17.6 Å². The van der Waals surface area contributed by atoms with E-state index in [-0.39, 0.29) is 23.2 Å². The van der Waals surface area contributed by atoms with E-state index < -0.39 is 10.0 Å². The third kappa shape index (κ3) is 5.14. The summed E-state index contributed by atoms with van der Waals surface area (Å²) < 4.78 is 47.8. The number of fused-ring (bicyclic) bond motifs is 1. The van der Waals surface area contributed by atoms with Gasteiger partial charge in [-0.05, 0) is 62.4 Å². The first kappa shape index (κ1) is 23.5. The fourth-order valence-corrected chi connectivity index (χ4v) is 6.06. The molecule has 33 heavy (non-hydrogen) atoms. The molecule has 0 aromatic heterocycles. The Morgan fingerprint density at radius 3 is 2.64 bits per heavy atom. The van der Waals surface area contributed by atoms with Gasteiger partial charge in [-0.3, -0.25) is 4.79 Å². The lowest BCUT2D eigenvalue weighted by Gasteiger charge is -2.31. The summed E-state index contributed by atoms with van der Waals surface area (Å²) in [6.45, 7) is 3.71. The van der Waals surface area contributed by atoms with Crippen LogP contribution in [0.25, 0.3) is 0 Å². The number of hydrogen-bond acceptors (Lipinski definition) is 5. The number of hydrogen-bond donors (Lipinski definition) is 1. The SMILES string of the molecule is CCOc1ccc(S(=O)(=O)N2CCCCC2)cc1NC(=O)CN1CCCc2cccc(F)c21. The number of nitrogens with one attached hydrogen (secondary N) is 1. The number of aryl methyl sites for hydroxylation is 1. The Morgan fingerprint density at radius 1 is 1.09 bits per heavy atom. The van der Waals surface area contributed by atoms with Gasteiger partial charge in [0.2, 0.25) is 15.9 Å². The largest absolute Gasteiger partial charge is 0.492 e. The molecule has 9 heteroatoms. The van der Waals surface area contributed by atoms with Crippen molar-refractivity contribution >= 4 is 27.3 Å². The number of piperidine rings is 1. The maximum atomic E-state index is 14.5. The molecule has 0 unspecified atom stereocenters. The van der Waals surface area contributed by atoms with Crippen molar-refractivity contribution in [1.29, 1.82) is 0 Å². The molecule has 4 rings (SSSR count). The highest BCUT2D eigenvalue weighted by Gasteiger charge is 2.27. The lowest BCUT2D eigenvalue weighted by Crippen LogP contribution is -2.37. The average molecular weight is 476 g/mol. The summed E-state index contributed by atoms with van der Waals surface area (Å²) in [7, 11) is -3.66. The third-order valence-corrected chi connectivity index (χ3v) is 7.97. The van der Waals surface area contributed by atoms with Crippen molar-refractivity contribution in [2.24, 2.45) is 0 Å². The minimum Gasteiger partial charge on any atom is -0.492 e. The number of benzene rings is 2. The third-order valence-electron chi connectivity index (χ3n) is 6.07. The van der Waals surface area contributed by atoms with Crippen molar-refractivity contribution in [2.45, 2.75) is 43.9 Å². The van der Waals surface area contributed by atoms with Crippen LogP contribution in [0.15, 0.2) is 41.3 Å². The molecule has 2 aromatic carbocycles. The number of nitrogens with zero attached hydrogens (tertiary/aromatic N) is 2. The second kappa shape index (κ2) is 10.1. The van der Waals surface area contributed by atoms with E-state index in [0.29, 0.717) is 43.4 Å². The molecule has 2 heterocycles. The number of carbonyl (C=O) groups is 1. The summed E-state index contributed by atoms with van der Waals surface area (Å²) in [4.78, 5) is 14.8. The molecule has 1 N–H and O–H groups in total. The highest BCUT2D eigenvalue weighted by atomic mass is 32.2. The standard InChI is InChI=1S/C24H30FN3O4S/c1-2-32-22-12-11-19(33(30,31)28-14-4-3-5-15-28)16-21(22)26-23(29)17-27-13-7-9-18-8-6-10-20(25)24(18)27/h6,8,10-12,16H,2-5,7,9,13-15,17H2,1H3,(H,26,29). The second-order valence-electron chi connectivity index (χ2n) is 8.38. The summed E-state index contributed by atoms with van der Waals surface area (Å²) in [5, 5.41) is 2.80. The first-order valence-corrected chi connectivity index (χ1v) is 12.9. The summed E-state index contributed by atoms with van der Waals surface area (Å²) in [6, 6.07) is 9.51. The minimum atomic E-state index is -3.66. The quantitative estimate of drug-likeness (QED) is 0.659. The molecule has 178 valence electrons. The highest BCUT2D eigenvalue weighted by molar-refractivity contribution is 7.89. The van der Waals surface area contributed by atoms with Crippen LogP contribution < -0.4 is 15.0 Å². The number of ether oxygens (including phenoxy) is 1. The lowest BCUT2D eigenvalue weighted by molar-refractivity contribution is -0.115. The maximum Gasteiger partial charge on any atom is 0.243 e. The van der Waals surface area contributed by atoms with Gasteiger partial charge in [0, 0.05) is 19.6 Å². The zero-order chi connectivity index (χ0) is 23.4. The number of para-hydroxylation sites is 1. The Bertz CT molecular complexity index is 1120. The van der Waals surface area contributed by atoms with E-state index in [1.165, 1.54) is 22.5 Å². The van der Waals surface area contributed by atoms with E-state index >= 15 is 0 Å². The van der Waals surface area contributed by atoms with Gasteiger partial charge in [0.1, 0.15) is 11.6 Å². The lowest BCUT2D eigenvalue weighted by atomic mass is 10.0. The molecule has 0 spiro atoms. The van der Waals surface area contributed by atoms with Gasteiger partial charge in [0.15, 0.2) is 0 Å². The fourth-order valence-electron chi connectivity index (χ4n) is 4.51. The summed E-state index contributed by atoms with van der Waals surface area (Å²) in [5.74, 6) is -0.308. The monoisotopic (exact) mass is 475 g/mol. The second-order valence-corrected chi connectivity index (χ2v) is 10.3. The van der Waals surface area contributed by atoms with Crippen LogP contribution in [-0.2, 0) is 21.2 Å². The van der Waals surface area contributed by atoms with E-state index in [4.69, 9.17) is 4.74 Å². The number of rotatable bonds is 7. The van der Waals surface area contributed by atoms with Crippen LogP contribution in [0.3, 0.4) is 0 Å². The van der Waals surface area contributed by atoms with E-state index in [1.807, 2.05) is 13.0 Å². The Kier molecular flexibility index (Phi) is 7.19. The van der Waals surface area contributed by atoms with Crippen LogP contribution in [0.2, 0.25) is 0 Å². The van der Waals surface area contributed by atoms with Gasteiger partial charge in [0.25, 0.3) is 0 Å². The van der Waals surface area contributed by atoms with E-state index in [0.717, 1.165) is 37.7 Å². The molecule has 2 aliphatic rings. The van der Waals surface area contributed by atoms with Crippen LogP contribution in [0, 0.1) is 5.82 Å². The molecule has 0 atom stereocenters. The molecule has 0 aliphatic carbocycles. The van der Waals surface area contributed by atoms with Crippen molar-refractivity contribution in [1.82, 2.24) is 4.31 Å². The Morgan fingerprint density at radius 2 is 1.88 bits per heavy atom. The Balaban J connectivity index is 1.56. The molecule has 2 aliphatic heterocycles. The molecular formula is C24H30FN3O4S. The van der Waals surface area contributed by atoms with Crippen LogP contribution in [-0.4, -0.2) is 51.4 Å². The van der Waals surface area contributed by atoms with E-state index in [2.05, 4.69) is 5.32 Å². The average Bonchev–Trinajstić information content (AvgIpc) is 2.81. The molecule has 0 radical (unpaired) electrons. The molecular weight excluding hydrogens is 445 g/mol. The molecule has 1 fully saturated rings. The van der Waals surface area contributed by atoms with Crippen molar-refractivity contribution in [3.63, 3.8) is 0 Å². The maximum absolute atomic E-state index is 14.5. The number of amides is 1. The zero-order valence-corrected chi connectivity index (χ0v) is 19.7. The highest BCUT2D eigenvalue weighted by Crippen LogP contribution is 2.32. The molecule has 0 bridgehead atoms. The predicted molar refractivity (Wildman–Crippen MR) is 126 cm³/mol. The molecule has 2 aromatic rings. The van der Waals surface area contributed by atoms with E-state index in [1.54, 1.807) is 17.0 Å². The van der Waals surface area contributed by atoms with Gasteiger partial charge in [-0.15, -0.1) is 0 Å². The molecule has 1 saturated heterocycles. The van der Waals surface area contributed by atoms with Gasteiger partial charge in [-0.1, -0.05) is 18.6 Å². The van der Waals surface area contributed by atoms with Gasteiger partial charge >= 0.3 is 0 Å². The number of anilines is 2. The van der Waals surface area contributed by atoms with Gasteiger partial charge in [-0.2, -0.15) is 4.31 Å². The fraction of sp³-hybridized carbons (Fsp3) is 0.458. The number of carbonyl (C=O) groups excluding carboxylic acids is 1. The Hall–Kier alpha value is -2.65. The van der Waals surface area contributed by atoms with Crippen molar-refractivity contribution in [3.8, 4) is 5.75 Å². The normalized spacial score (nSPS) is 16.8. The topological polar surface area (TPSA) is 79.0 Å². The Labute approximate surface area is 194 Å². The summed E-state index contributed by atoms with van der Waals surface area (Å²) in [5.41, 5.74) is 1.65. The van der Waals surface area contributed by atoms with Gasteiger partial charge in [-0.25, -0.2) is 12.8 Å². The zero-order valence-electron chi connectivity index (χ0n) is 18.8. The van der Waals surface area contributed by atoms with Crippen LogP contribution >= 0.6 is 0 Å². The number of halogens is 1. The van der Waals surface area contributed by atoms with Crippen molar-refractivity contribution in [3.05, 3.63) is 47.8 Å². The smallest absolute Gasteiger partial charge is 0.243 e. The number of sulfonamides is 1. The summed E-state index contributed by atoms with van der Waals surface area (Å²) in [6.07, 6.45) is 4.31. The summed E-state index contributed by atoms with van der Waals surface area (Å²) >= 11 is 0. The first-order chi connectivity index (χ1) is 15.9. The first-order valence-electron chi connectivity index (χ1n) is 11.5.